The summed E-state index contributed by atoms with van der Waals surface area (Å²) in [5.41, 5.74) is 1.80. The summed E-state index contributed by atoms with van der Waals surface area (Å²) in [7, 11) is 0. The first-order valence-electron chi connectivity index (χ1n) is 9.59. The minimum atomic E-state index is 0.0819. The molecule has 2 unspecified atom stereocenters. The van der Waals surface area contributed by atoms with Crippen LogP contribution >= 0.6 is 0 Å². The highest BCUT2D eigenvalue weighted by Crippen LogP contribution is 2.26. The van der Waals surface area contributed by atoms with Crippen LogP contribution in [0.3, 0.4) is 0 Å². The molecule has 3 rings (SSSR count). The molecule has 2 aliphatic rings. The minimum Gasteiger partial charge on any atom is -0.342 e. The second-order valence-corrected chi connectivity index (χ2v) is 8.07. The highest BCUT2D eigenvalue weighted by molar-refractivity contribution is 5.95. The third-order valence-electron chi connectivity index (χ3n) is 5.69. The molecule has 2 fully saturated rings. The fraction of sp³-hybridized carbons (Fsp3) is 0.619. The van der Waals surface area contributed by atoms with E-state index >= 15 is 0 Å². The maximum Gasteiger partial charge on any atom is 0.254 e. The monoisotopic (exact) mass is 342 g/mol. The zero-order chi connectivity index (χ0) is 18.0. The number of hydrogen-bond acceptors (Lipinski definition) is 2. The summed E-state index contributed by atoms with van der Waals surface area (Å²) >= 11 is 0. The van der Waals surface area contributed by atoms with Gasteiger partial charge < -0.3 is 9.80 Å². The van der Waals surface area contributed by atoms with E-state index < -0.39 is 0 Å². The molecule has 4 heteroatoms. The van der Waals surface area contributed by atoms with Gasteiger partial charge in [-0.2, -0.15) is 0 Å². The average Bonchev–Trinajstić information content (AvgIpc) is 2.60. The van der Waals surface area contributed by atoms with E-state index in [9.17, 15) is 9.59 Å². The van der Waals surface area contributed by atoms with Crippen molar-refractivity contribution in [2.75, 3.05) is 26.2 Å². The van der Waals surface area contributed by atoms with E-state index in [1.54, 1.807) is 0 Å². The molecule has 25 heavy (non-hydrogen) atoms. The Hall–Kier alpha value is -1.84. The molecule has 0 aromatic heterocycles. The first kappa shape index (κ1) is 18.0. The lowest BCUT2D eigenvalue weighted by molar-refractivity contribution is -0.139. The van der Waals surface area contributed by atoms with Crippen molar-refractivity contribution in [2.24, 2.45) is 17.8 Å². The summed E-state index contributed by atoms with van der Waals surface area (Å²) in [5, 5.41) is 0. The first-order valence-corrected chi connectivity index (χ1v) is 9.59. The summed E-state index contributed by atoms with van der Waals surface area (Å²) in [6, 6.07) is 7.74. The Kier molecular flexibility index (Phi) is 5.45. The van der Waals surface area contributed by atoms with Crippen LogP contribution in [0, 0.1) is 24.7 Å². The summed E-state index contributed by atoms with van der Waals surface area (Å²) in [5.74, 6) is 1.68. The van der Waals surface area contributed by atoms with Crippen LogP contribution in [0.2, 0.25) is 0 Å². The first-order chi connectivity index (χ1) is 12.0. The van der Waals surface area contributed by atoms with Crippen molar-refractivity contribution in [1.29, 1.82) is 0 Å². The third-order valence-corrected chi connectivity index (χ3v) is 5.69. The number of carbonyl (C=O) groups is 2. The molecular weight excluding hydrogens is 312 g/mol. The molecule has 4 nitrogen and oxygen atoms in total. The van der Waals surface area contributed by atoms with Gasteiger partial charge in [-0.15, -0.1) is 0 Å². The van der Waals surface area contributed by atoms with Crippen molar-refractivity contribution in [2.45, 2.75) is 40.0 Å². The number of likely N-dealkylation sites (tertiary alicyclic amines) is 2. The van der Waals surface area contributed by atoms with Gasteiger partial charge in [0.25, 0.3) is 5.91 Å². The number of aryl methyl sites for hydroxylation is 1. The van der Waals surface area contributed by atoms with Crippen LogP contribution in [0.15, 0.2) is 24.3 Å². The summed E-state index contributed by atoms with van der Waals surface area (Å²) in [6.45, 7) is 9.60. The summed E-state index contributed by atoms with van der Waals surface area (Å²) in [4.78, 5) is 29.6. The normalized spacial score (nSPS) is 25.1. The molecule has 0 N–H and O–H groups in total. The Morgan fingerprint density at radius 1 is 0.960 bits per heavy atom. The predicted molar refractivity (Wildman–Crippen MR) is 99.3 cm³/mol. The zero-order valence-corrected chi connectivity index (χ0v) is 15.7. The number of nitrogens with zero attached hydrogens (tertiary/aromatic N) is 2. The second-order valence-electron chi connectivity index (χ2n) is 8.07. The van der Waals surface area contributed by atoms with E-state index in [0.29, 0.717) is 30.8 Å². The number of rotatable bonds is 2. The van der Waals surface area contributed by atoms with E-state index in [4.69, 9.17) is 0 Å². The number of benzene rings is 1. The van der Waals surface area contributed by atoms with Gasteiger partial charge in [0, 0.05) is 37.7 Å². The Morgan fingerprint density at radius 3 is 2.16 bits per heavy atom. The van der Waals surface area contributed by atoms with Gasteiger partial charge >= 0.3 is 0 Å². The predicted octanol–water partition coefficient (Wildman–Crippen LogP) is 3.35. The smallest absolute Gasteiger partial charge is 0.254 e. The largest absolute Gasteiger partial charge is 0.342 e. The molecule has 1 aromatic carbocycles. The van der Waals surface area contributed by atoms with Gasteiger partial charge in [-0.1, -0.05) is 32.0 Å². The lowest BCUT2D eigenvalue weighted by atomic mass is 9.89. The highest BCUT2D eigenvalue weighted by Gasteiger charge is 2.33. The minimum absolute atomic E-state index is 0.0819. The van der Waals surface area contributed by atoms with Crippen molar-refractivity contribution >= 4 is 11.8 Å². The van der Waals surface area contributed by atoms with Gasteiger partial charge in [-0.25, -0.2) is 0 Å². The van der Waals surface area contributed by atoms with Gasteiger partial charge in [0.15, 0.2) is 0 Å². The molecular formula is C21H30N2O2. The Bertz CT molecular complexity index is 625. The zero-order valence-electron chi connectivity index (χ0n) is 15.7. The lowest BCUT2D eigenvalue weighted by Gasteiger charge is -2.39. The molecule has 2 saturated heterocycles. The van der Waals surface area contributed by atoms with Gasteiger partial charge in [-0.05, 0) is 49.7 Å². The molecule has 2 aliphatic heterocycles. The molecule has 2 amide bonds. The van der Waals surface area contributed by atoms with E-state index in [1.807, 2.05) is 36.1 Å². The quantitative estimate of drug-likeness (QED) is 0.827. The Morgan fingerprint density at radius 2 is 1.56 bits per heavy atom. The van der Waals surface area contributed by atoms with Crippen LogP contribution in [0.4, 0.5) is 0 Å². The SMILES string of the molecule is Cc1ccccc1C(=O)N1CCC(C(=O)N2CC(C)CC(C)C2)CC1. The van der Waals surface area contributed by atoms with Crippen LogP contribution < -0.4 is 0 Å². The fourth-order valence-corrected chi connectivity index (χ4v) is 4.41. The number of carbonyl (C=O) groups excluding carboxylic acids is 2. The van der Waals surface area contributed by atoms with Gasteiger partial charge in [-0.3, -0.25) is 9.59 Å². The highest BCUT2D eigenvalue weighted by atomic mass is 16.2. The fourth-order valence-electron chi connectivity index (χ4n) is 4.41. The molecule has 1 aromatic rings. The van der Waals surface area contributed by atoms with Gasteiger partial charge in [0.2, 0.25) is 5.91 Å². The van der Waals surface area contributed by atoms with Crippen LogP contribution in [-0.2, 0) is 4.79 Å². The van der Waals surface area contributed by atoms with E-state index in [1.165, 1.54) is 6.42 Å². The van der Waals surface area contributed by atoms with Crippen LogP contribution in [0.5, 0.6) is 0 Å². The van der Waals surface area contributed by atoms with Crippen molar-refractivity contribution < 1.29 is 9.59 Å². The maximum absolute atomic E-state index is 12.9. The third kappa shape index (κ3) is 4.05. The topological polar surface area (TPSA) is 40.6 Å². The van der Waals surface area contributed by atoms with Gasteiger partial charge in [0.1, 0.15) is 0 Å². The standard InChI is InChI=1S/C21H30N2O2/c1-15-12-16(2)14-23(13-15)20(24)18-8-10-22(11-9-18)21(25)19-7-5-4-6-17(19)3/h4-7,15-16,18H,8-14H2,1-3H3. The Balaban J connectivity index is 1.57. The number of amides is 2. The maximum atomic E-state index is 12.9. The Labute approximate surface area is 151 Å². The molecule has 2 atom stereocenters. The van der Waals surface area contributed by atoms with Crippen molar-refractivity contribution in [3.63, 3.8) is 0 Å². The summed E-state index contributed by atoms with van der Waals surface area (Å²) < 4.78 is 0. The van der Waals surface area contributed by atoms with E-state index in [2.05, 4.69) is 18.7 Å². The molecule has 136 valence electrons. The van der Waals surface area contributed by atoms with Crippen LogP contribution in [0.1, 0.15) is 49.0 Å². The number of piperidine rings is 2. The van der Waals surface area contributed by atoms with E-state index in [-0.39, 0.29) is 11.8 Å². The van der Waals surface area contributed by atoms with E-state index in [0.717, 1.165) is 37.1 Å². The van der Waals surface area contributed by atoms with Crippen LogP contribution in [-0.4, -0.2) is 47.8 Å². The lowest BCUT2D eigenvalue weighted by Crippen LogP contribution is -2.48. The molecule has 0 aliphatic carbocycles. The molecule has 0 radical (unpaired) electrons. The molecule has 0 saturated carbocycles. The van der Waals surface area contributed by atoms with Crippen LogP contribution in [0.25, 0.3) is 0 Å². The summed E-state index contributed by atoms with van der Waals surface area (Å²) in [6.07, 6.45) is 2.79. The molecule has 0 bridgehead atoms. The van der Waals surface area contributed by atoms with Crippen molar-refractivity contribution in [3.8, 4) is 0 Å². The van der Waals surface area contributed by atoms with Crippen molar-refractivity contribution in [3.05, 3.63) is 35.4 Å². The van der Waals surface area contributed by atoms with Gasteiger partial charge in [0.05, 0.1) is 0 Å². The molecule has 0 spiro atoms. The van der Waals surface area contributed by atoms with Crippen molar-refractivity contribution in [1.82, 2.24) is 9.80 Å². The number of hydrogen-bond donors (Lipinski definition) is 0. The second kappa shape index (κ2) is 7.59. The molecule has 2 heterocycles. The average molecular weight is 342 g/mol.